The first-order chi connectivity index (χ1) is 14.0. The average Bonchev–Trinajstić information content (AvgIpc) is 2.99. The third-order valence-electron chi connectivity index (χ3n) is 7.78. The highest BCUT2D eigenvalue weighted by molar-refractivity contribution is 6.30. The van der Waals surface area contributed by atoms with Crippen LogP contribution in [0.25, 0.3) is 6.08 Å². The SMILES string of the molecule is COc1ccc2c(c1)CC[C@H]1[C@H]2CC[C@]2(C)C(=O)/C(=C/c3ccc(Cl)cc3)C[C@@H]12. The Morgan fingerprint density at radius 2 is 1.93 bits per heavy atom. The van der Waals surface area contributed by atoms with Crippen LogP contribution < -0.4 is 4.74 Å². The van der Waals surface area contributed by atoms with Gasteiger partial charge in [-0.2, -0.15) is 0 Å². The highest BCUT2D eigenvalue weighted by Crippen LogP contribution is 2.60. The molecule has 0 radical (unpaired) electrons. The number of carbonyl (C=O) groups is 1. The molecule has 2 fully saturated rings. The molecule has 2 aromatic rings. The number of carbonyl (C=O) groups excluding carboxylic acids is 1. The van der Waals surface area contributed by atoms with Crippen LogP contribution in [0.3, 0.4) is 0 Å². The molecule has 0 aliphatic heterocycles. The van der Waals surface area contributed by atoms with Crippen molar-refractivity contribution in [2.24, 2.45) is 17.3 Å². The molecule has 5 rings (SSSR count). The Bertz CT molecular complexity index is 990. The third kappa shape index (κ3) is 3.04. The molecule has 0 aromatic heterocycles. The summed E-state index contributed by atoms with van der Waals surface area (Å²) in [6, 6.07) is 14.4. The summed E-state index contributed by atoms with van der Waals surface area (Å²) in [6.45, 7) is 2.22. The zero-order chi connectivity index (χ0) is 20.2. The fraction of sp³-hybridized carbons (Fsp3) is 0.423. The van der Waals surface area contributed by atoms with Gasteiger partial charge in [-0.1, -0.05) is 36.7 Å². The Hall–Kier alpha value is -2.06. The lowest BCUT2D eigenvalue weighted by Crippen LogP contribution is -2.42. The smallest absolute Gasteiger partial charge is 0.165 e. The molecular formula is C26H27ClO2. The first-order valence-corrected chi connectivity index (χ1v) is 11.0. The van der Waals surface area contributed by atoms with Crippen molar-refractivity contribution in [2.45, 2.75) is 44.9 Å². The van der Waals surface area contributed by atoms with E-state index in [0.717, 1.165) is 47.6 Å². The quantitative estimate of drug-likeness (QED) is 0.534. The van der Waals surface area contributed by atoms with Gasteiger partial charge in [0.2, 0.25) is 0 Å². The second-order valence-corrected chi connectivity index (χ2v) is 9.63. The first-order valence-electron chi connectivity index (χ1n) is 10.7. The van der Waals surface area contributed by atoms with E-state index < -0.39 is 0 Å². The van der Waals surface area contributed by atoms with Gasteiger partial charge in [0.05, 0.1) is 7.11 Å². The van der Waals surface area contributed by atoms with E-state index in [1.165, 1.54) is 17.5 Å². The fourth-order valence-corrected chi connectivity index (χ4v) is 6.37. The molecular weight excluding hydrogens is 380 g/mol. The Morgan fingerprint density at radius 3 is 2.69 bits per heavy atom. The minimum atomic E-state index is -0.205. The van der Waals surface area contributed by atoms with E-state index in [-0.39, 0.29) is 5.41 Å². The number of ketones is 1. The number of Topliss-reactive ketones (excluding diaryl/α,β-unsaturated/α-hetero) is 1. The van der Waals surface area contributed by atoms with Crippen molar-refractivity contribution in [1.29, 1.82) is 0 Å². The van der Waals surface area contributed by atoms with Gasteiger partial charge in [-0.05, 0) is 102 Å². The third-order valence-corrected chi connectivity index (χ3v) is 8.04. The Balaban J connectivity index is 1.47. The molecule has 0 saturated heterocycles. The van der Waals surface area contributed by atoms with Crippen LogP contribution >= 0.6 is 11.6 Å². The number of aryl methyl sites for hydroxylation is 1. The predicted molar refractivity (Wildman–Crippen MR) is 117 cm³/mol. The molecule has 0 unspecified atom stereocenters. The number of rotatable bonds is 2. The summed E-state index contributed by atoms with van der Waals surface area (Å²) in [5.41, 5.74) is 4.80. The number of hydrogen-bond acceptors (Lipinski definition) is 2. The van der Waals surface area contributed by atoms with Crippen molar-refractivity contribution in [2.75, 3.05) is 7.11 Å². The largest absolute Gasteiger partial charge is 0.497 e. The molecule has 29 heavy (non-hydrogen) atoms. The zero-order valence-corrected chi connectivity index (χ0v) is 17.8. The van der Waals surface area contributed by atoms with Crippen molar-refractivity contribution in [3.63, 3.8) is 0 Å². The van der Waals surface area contributed by atoms with Crippen LogP contribution in [-0.4, -0.2) is 12.9 Å². The summed E-state index contributed by atoms with van der Waals surface area (Å²) in [7, 11) is 1.73. The minimum Gasteiger partial charge on any atom is -0.497 e. The summed E-state index contributed by atoms with van der Waals surface area (Å²) in [6.07, 6.45) is 7.36. The van der Waals surface area contributed by atoms with Crippen LogP contribution in [0.5, 0.6) is 5.75 Å². The Labute approximate surface area is 177 Å². The molecule has 3 heteroatoms. The van der Waals surface area contributed by atoms with Gasteiger partial charge in [0.1, 0.15) is 5.75 Å². The monoisotopic (exact) mass is 406 g/mol. The molecule has 4 atom stereocenters. The average molecular weight is 407 g/mol. The van der Waals surface area contributed by atoms with Gasteiger partial charge < -0.3 is 4.74 Å². The Kier molecular flexibility index (Phi) is 4.58. The topological polar surface area (TPSA) is 26.3 Å². The maximum atomic E-state index is 13.4. The highest BCUT2D eigenvalue weighted by atomic mass is 35.5. The molecule has 150 valence electrons. The minimum absolute atomic E-state index is 0.205. The van der Waals surface area contributed by atoms with Crippen molar-refractivity contribution < 1.29 is 9.53 Å². The number of ether oxygens (including phenoxy) is 1. The van der Waals surface area contributed by atoms with E-state index in [9.17, 15) is 4.79 Å². The van der Waals surface area contributed by atoms with Crippen LogP contribution in [0.15, 0.2) is 48.0 Å². The second-order valence-electron chi connectivity index (χ2n) is 9.19. The summed E-state index contributed by atoms with van der Waals surface area (Å²) in [4.78, 5) is 13.4. The molecule has 3 aliphatic rings. The fourth-order valence-electron chi connectivity index (χ4n) is 6.25. The molecule has 2 nitrogen and oxygen atoms in total. The summed E-state index contributed by atoms with van der Waals surface area (Å²) < 4.78 is 5.43. The summed E-state index contributed by atoms with van der Waals surface area (Å²) >= 11 is 6.02. The van der Waals surface area contributed by atoms with Crippen LogP contribution in [-0.2, 0) is 11.2 Å². The van der Waals surface area contributed by atoms with Gasteiger partial charge in [0.15, 0.2) is 5.78 Å². The first kappa shape index (κ1) is 18.9. The van der Waals surface area contributed by atoms with Crippen LogP contribution in [0.1, 0.15) is 55.2 Å². The van der Waals surface area contributed by atoms with Gasteiger partial charge in [0.25, 0.3) is 0 Å². The van der Waals surface area contributed by atoms with Gasteiger partial charge >= 0.3 is 0 Å². The molecule has 0 heterocycles. The lowest BCUT2D eigenvalue weighted by molar-refractivity contribution is -0.127. The lowest BCUT2D eigenvalue weighted by atomic mass is 9.55. The Morgan fingerprint density at radius 1 is 1.14 bits per heavy atom. The summed E-state index contributed by atoms with van der Waals surface area (Å²) in [5, 5.41) is 0.728. The van der Waals surface area contributed by atoms with Crippen LogP contribution in [0.4, 0.5) is 0 Å². The van der Waals surface area contributed by atoms with Gasteiger partial charge in [-0.25, -0.2) is 0 Å². The highest BCUT2D eigenvalue weighted by Gasteiger charge is 2.56. The van der Waals surface area contributed by atoms with Crippen molar-refractivity contribution in [3.8, 4) is 5.75 Å². The molecule has 0 bridgehead atoms. The van der Waals surface area contributed by atoms with E-state index >= 15 is 0 Å². The van der Waals surface area contributed by atoms with Crippen molar-refractivity contribution in [1.82, 2.24) is 0 Å². The van der Waals surface area contributed by atoms with E-state index in [1.807, 2.05) is 24.3 Å². The number of fused-ring (bicyclic) bond motifs is 5. The van der Waals surface area contributed by atoms with Crippen molar-refractivity contribution >= 4 is 23.5 Å². The maximum absolute atomic E-state index is 13.4. The van der Waals surface area contributed by atoms with Gasteiger partial charge in [0, 0.05) is 10.4 Å². The molecule has 2 saturated carbocycles. The second kappa shape index (κ2) is 7.02. The number of allylic oxidation sites excluding steroid dienone is 1. The number of halogens is 1. The molecule has 0 spiro atoms. The molecule has 0 amide bonds. The van der Waals surface area contributed by atoms with E-state index in [4.69, 9.17) is 16.3 Å². The van der Waals surface area contributed by atoms with E-state index in [1.54, 1.807) is 7.11 Å². The number of methoxy groups -OCH3 is 1. The molecule has 2 aromatic carbocycles. The van der Waals surface area contributed by atoms with E-state index in [0.29, 0.717) is 23.5 Å². The summed E-state index contributed by atoms with van der Waals surface area (Å²) in [5.74, 6) is 2.94. The molecule has 3 aliphatic carbocycles. The van der Waals surface area contributed by atoms with Gasteiger partial charge in [-0.15, -0.1) is 0 Å². The van der Waals surface area contributed by atoms with E-state index in [2.05, 4.69) is 31.2 Å². The normalized spacial score (nSPS) is 31.9. The van der Waals surface area contributed by atoms with Gasteiger partial charge in [-0.3, -0.25) is 4.79 Å². The number of hydrogen-bond donors (Lipinski definition) is 0. The molecule has 0 N–H and O–H groups in total. The zero-order valence-electron chi connectivity index (χ0n) is 17.1. The lowest BCUT2D eigenvalue weighted by Gasteiger charge is -2.48. The number of benzene rings is 2. The van der Waals surface area contributed by atoms with Crippen molar-refractivity contribution in [3.05, 3.63) is 69.8 Å². The van der Waals surface area contributed by atoms with Crippen LogP contribution in [0.2, 0.25) is 5.02 Å². The maximum Gasteiger partial charge on any atom is 0.165 e. The van der Waals surface area contributed by atoms with Crippen LogP contribution in [0, 0.1) is 17.3 Å². The predicted octanol–water partition coefficient (Wildman–Crippen LogP) is 6.47. The standard InChI is InChI=1S/C26H27ClO2/c1-26-12-11-22-21-10-8-20(29-2)14-17(21)5-9-23(22)24(26)15-18(25(26)28)13-16-3-6-19(27)7-4-16/h3-4,6-8,10,13-14,22-24H,5,9,11-12,15H2,1-2H3/b18-13+/t22-,23-,24-,26-/m0/s1.